The number of quaternary nitrogens is 1. The maximum atomic E-state index is 13.9. The molecule has 0 radical (unpaired) electrons. The fourth-order valence-corrected chi connectivity index (χ4v) is 6.17. The van der Waals surface area contributed by atoms with Gasteiger partial charge in [0.05, 0.1) is 63.0 Å². The van der Waals surface area contributed by atoms with E-state index >= 15 is 0 Å². The fourth-order valence-electron chi connectivity index (χ4n) is 5.23. The molecule has 0 spiro atoms. The largest absolute Gasteiger partial charge is 0.493 e. The second-order valence-electron chi connectivity index (χ2n) is 10.9. The first-order valence-electron chi connectivity index (χ1n) is 12.9. The van der Waals surface area contributed by atoms with E-state index in [0.717, 1.165) is 29.8 Å². The van der Waals surface area contributed by atoms with Crippen LogP contribution in [0.1, 0.15) is 24.0 Å². The van der Waals surface area contributed by atoms with Gasteiger partial charge in [-0.05, 0) is 36.1 Å². The van der Waals surface area contributed by atoms with Gasteiger partial charge in [-0.2, -0.15) is 0 Å². The zero-order valence-electron chi connectivity index (χ0n) is 23.0. The Labute approximate surface area is 235 Å². The van der Waals surface area contributed by atoms with Crippen LogP contribution in [0.5, 0.6) is 11.5 Å². The van der Waals surface area contributed by atoms with Crippen LogP contribution in [0.4, 0.5) is 13.9 Å². The van der Waals surface area contributed by atoms with E-state index in [1.165, 1.54) is 30.4 Å². The van der Waals surface area contributed by atoms with Crippen molar-refractivity contribution in [2.24, 2.45) is 5.41 Å². The number of carbonyl (C=O) groups is 2. The standard InChI is InChI=1S/C28H33F2N3O6S/c1-32(26(37)28(16-25(35)36)14-17-10-19(29)20(30)11-18(17)15-28)27-31-21-12-23(22(38-4)13-24(21)40-27)39-9-5-6-33(2,3)7-8-34/h10-13,34H,5-9,14-16H2,1-4H3/p+1. The molecule has 3 aromatic rings. The number of benzene rings is 2. The zero-order valence-corrected chi connectivity index (χ0v) is 23.8. The molecule has 0 saturated carbocycles. The predicted octanol–water partition coefficient (Wildman–Crippen LogP) is 3.64. The summed E-state index contributed by atoms with van der Waals surface area (Å²) in [4.78, 5) is 31.5. The second kappa shape index (κ2) is 11.6. The van der Waals surface area contributed by atoms with E-state index in [0.29, 0.717) is 50.9 Å². The van der Waals surface area contributed by atoms with Crippen molar-refractivity contribution in [3.8, 4) is 11.5 Å². The van der Waals surface area contributed by atoms with E-state index in [1.54, 1.807) is 12.1 Å². The van der Waals surface area contributed by atoms with Gasteiger partial charge in [0.15, 0.2) is 28.3 Å². The lowest BCUT2D eigenvalue weighted by atomic mass is 9.80. The summed E-state index contributed by atoms with van der Waals surface area (Å²) in [7, 11) is 7.14. The molecule has 0 bridgehead atoms. The van der Waals surface area contributed by atoms with Crippen LogP contribution in [-0.4, -0.2) is 86.1 Å². The number of amides is 1. The Morgan fingerprint density at radius 2 is 1.75 bits per heavy atom. The maximum Gasteiger partial charge on any atom is 0.304 e. The summed E-state index contributed by atoms with van der Waals surface area (Å²) in [5.74, 6) is -2.71. The Kier molecular flexibility index (Phi) is 8.62. The number of halogens is 2. The van der Waals surface area contributed by atoms with E-state index in [1.807, 2.05) is 14.1 Å². The van der Waals surface area contributed by atoms with Crippen LogP contribution in [-0.2, 0) is 22.4 Å². The van der Waals surface area contributed by atoms with Gasteiger partial charge in [0.2, 0.25) is 5.91 Å². The Morgan fingerprint density at radius 1 is 1.10 bits per heavy atom. The molecule has 1 aliphatic carbocycles. The van der Waals surface area contributed by atoms with Gasteiger partial charge < -0.3 is 24.2 Å². The van der Waals surface area contributed by atoms with Crippen molar-refractivity contribution >= 4 is 38.6 Å². The van der Waals surface area contributed by atoms with Crippen LogP contribution in [0, 0.1) is 17.0 Å². The molecule has 0 atom stereocenters. The zero-order chi connectivity index (χ0) is 29.2. The van der Waals surface area contributed by atoms with E-state index in [4.69, 9.17) is 9.47 Å². The van der Waals surface area contributed by atoms with Crippen molar-refractivity contribution in [3.63, 3.8) is 0 Å². The van der Waals surface area contributed by atoms with E-state index in [2.05, 4.69) is 4.98 Å². The molecule has 216 valence electrons. The molecule has 0 saturated heterocycles. The molecule has 1 amide bonds. The predicted molar refractivity (Wildman–Crippen MR) is 147 cm³/mol. The van der Waals surface area contributed by atoms with Crippen LogP contribution >= 0.6 is 11.3 Å². The normalized spacial score (nSPS) is 14.3. The molecule has 12 heteroatoms. The van der Waals surface area contributed by atoms with Crippen LogP contribution in [0.2, 0.25) is 0 Å². The number of anilines is 1. The third-order valence-corrected chi connectivity index (χ3v) is 8.46. The lowest BCUT2D eigenvalue weighted by molar-refractivity contribution is -0.890. The van der Waals surface area contributed by atoms with Crippen molar-refractivity contribution in [2.75, 3.05) is 59.5 Å². The van der Waals surface area contributed by atoms with E-state index in [9.17, 15) is 28.6 Å². The molecular weight excluding hydrogens is 544 g/mol. The lowest BCUT2D eigenvalue weighted by Crippen LogP contribution is -2.44. The molecule has 40 heavy (non-hydrogen) atoms. The molecule has 2 N–H and O–H groups in total. The molecule has 0 fully saturated rings. The molecular formula is C28H34F2N3O6S+. The van der Waals surface area contributed by atoms with Gasteiger partial charge in [-0.25, -0.2) is 13.8 Å². The maximum absolute atomic E-state index is 13.9. The van der Waals surface area contributed by atoms with Crippen molar-refractivity contribution in [3.05, 3.63) is 47.0 Å². The summed E-state index contributed by atoms with van der Waals surface area (Å²) in [5, 5.41) is 19.2. The highest BCUT2D eigenvalue weighted by Crippen LogP contribution is 2.44. The number of methoxy groups -OCH3 is 1. The summed E-state index contributed by atoms with van der Waals surface area (Å²) in [5.41, 5.74) is 0.0421. The number of aliphatic hydroxyl groups is 1. The van der Waals surface area contributed by atoms with E-state index < -0.39 is 35.3 Å². The molecule has 4 rings (SSSR count). The third kappa shape index (κ3) is 6.18. The van der Waals surface area contributed by atoms with Crippen LogP contribution in [0.25, 0.3) is 10.2 Å². The van der Waals surface area contributed by atoms with Crippen LogP contribution < -0.4 is 14.4 Å². The third-order valence-electron chi connectivity index (χ3n) is 7.37. The SMILES string of the molecule is COc1cc2sc(N(C)C(=O)C3(CC(=O)O)Cc4cc(F)c(F)cc4C3)nc2cc1OCCC[N+](C)(C)CCO. The summed E-state index contributed by atoms with van der Waals surface area (Å²) >= 11 is 1.24. The van der Waals surface area contributed by atoms with Crippen molar-refractivity contribution in [2.45, 2.75) is 25.7 Å². The number of thiazole rings is 1. The smallest absolute Gasteiger partial charge is 0.304 e. The molecule has 1 aromatic heterocycles. The van der Waals surface area contributed by atoms with Crippen molar-refractivity contribution in [1.82, 2.24) is 4.98 Å². The number of aliphatic hydroxyl groups excluding tert-OH is 1. The Hall–Kier alpha value is -3.35. The summed E-state index contributed by atoms with van der Waals surface area (Å²) < 4.78 is 40.7. The van der Waals surface area contributed by atoms with Gasteiger partial charge in [0.1, 0.15) is 6.54 Å². The summed E-state index contributed by atoms with van der Waals surface area (Å²) in [6.45, 7) is 2.02. The fraction of sp³-hybridized carbons (Fsp3) is 0.464. The number of hydrogen-bond donors (Lipinski definition) is 2. The highest BCUT2D eigenvalue weighted by molar-refractivity contribution is 7.22. The van der Waals surface area contributed by atoms with Gasteiger partial charge >= 0.3 is 5.97 Å². The van der Waals surface area contributed by atoms with Gasteiger partial charge in [0.25, 0.3) is 0 Å². The first-order valence-corrected chi connectivity index (χ1v) is 13.7. The summed E-state index contributed by atoms with van der Waals surface area (Å²) in [6, 6.07) is 5.60. The Morgan fingerprint density at radius 3 is 2.33 bits per heavy atom. The minimum Gasteiger partial charge on any atom is -0.493 e. The lowest BCUT2D eigenvalue weighted by Gasteiger charge is -2.30. The first kappa shape index (κ1) is 29.6. The molecule has 1 aliphatic rings. The second-order valence-corrected chi connectivity index (χ2v) is 11.9. The molecule has 9 nitrogen and oxygen atoms in total. The first-order chi connectivity index (χ1) is 18.9. The Balaban J connectivity index is 1.55. The summed E-state index contributed by atoms with van der Waals surface area (Å²) in [6.07, 6.45) is 0.243. The van der Waals surface area contributed by atoms with E-state index in [-0.39, 0.29) is 19.4 Å². The number of carboxylic acids is 1. The number of aliphatic carboxylic acids is 1. The number of carbonyl (C=O) groups excluding carboxylic acids is 1. The monoisotopic (exact) mass is 578 g/mol. The Bertz CT molecular complexity index is 1400. The topological polar surface area (TPSA) is 109 Å². The minimum atomic E-state index is -1.39. The molecule has 2 aromatic carbocycles. The average molecular weight is 579 g/mol. The highest BCUT2D eigenvalue weighted by atomic mass is 32.1. The van der Waals surface area contributed by atoms with Crippen molar-refractivity contribution < 1.29 is 42.5 Å². The highest BCUT2D eigenvalue weighted by Gasteiger charge is 2.48. The van der Waals surface area contributed by atoms with Gasteiger partial charge in [0, 0.05) is 25.6 Å². The molecule has 0 aliphatic heterocycles. The quantitative estimate of drug-likeness (QED) is 0.250. The average Bonchev–Trinajstić information content (AvgIpc) is 3.45. The van der Waals surface area contributed by atoms with Gasteiger partial charge in [-0.1, -0.05) is 11.3 Å². The van der Waals surface area contributed by atoms with Gasteiger partial charge in [-0.3, -0.25) is 14.5 Å². The molecule has 0 unspecified atom stereocenters. The number of hydrogen-bond acceptors (Lipinski definition) is 7. The number of nitrogens with zero attached hydrogens (tertiary/aromatic N) is 3. The van der Waals surface area contributed by atoms with Crippen LogP contribution in [0.15, 0.2) is 24.3 Å². The molecule has 1 heterocycles. The number of fused-ring (bicyclic) bond motifs is 2. The van der Waals surface area contributed by atoms with Gasteiger partial charge in [-0.15, -0.1) is 0 Å². The van der Waals surface area contributed by atoms with Crippen LogP contribution in [0.3, 0.4) is 0 Å². The minimum absolute atomic E-state index is 0.0143. The number of likely N-dealkylation sites (N-methyl/N-ethyl adjacent to an activating group) is 1. The number of carboxylic acid groups (broad SMARTS) is 1. The number of rotatable bonds is 12. The number of ether oxygens (including phenoxy) is 2. The number of aromatic nitrogens is 1. The van der Waals surface area contributed by atoms with Crippen molar-refractivity contribution in [1.29, 1.82) is 0 Å².